The van der Waals surface area contributed by atoms with E-state index in [1.165, 1.54) is 5.56 Å². The molecular weight excluding hydrogens is 280 g/mol. The van der Waals surface area contributed by atoms with E-state index >= 15 is 0 Å². The quantitative estimate of drug-likeness (QED) is 0.874. The van der Waals surface area contributed by atoms with Gasteiger partial charge in [0.25, 0.3) is 0 Å². The third kappa shape index (κ3) is 6.16. The molecule has 0 spiro atoms. The summed E-state index contributed by atoms with van der Waals surface area (Å²) in [6.45, 7) is 8.35. The fourth-order valence-electron chi connectivity index (χ4n) is 1.62. The van der Waals surface area contributed by atoms with E-state index < -0.39 is 5.41 Å². The van der Waals surface area contributed by atoms with Crippen LogP contribution in [0.3, 0.4) is 0 Å². The van der Waals surface area contributed by atoms with Crippen LogP contribution in [0.2, 0.25) is 0 Å². The first-order valence-corrected chi connectivity index (χ1v) is 7.42. The first kappa shape index (κ1) is 18.0. The fourth-order valence-corrected chi connectivity index (χ4v) is 1.62. The van der Waals surface area contributed by atoms with Crippen molar-refractivity contribution >= 4 is 11.8 Å². The summed E-state index contributed by atoms with van der Waals surface area (Å²) in [6, 6.07) is 7.76. The van der Waals surface area contributed by atoms with Crippen molar-refractivity contribution in [1.82, 2.24) is 10.2 Å². The summed E-state index contributed by atoms with van der Waals surface area (Å²) in [4.78, 5) is 25.2. The van der Waals surface area contributed by atoms with Gasteiger partial charge in [0, 0.05) is 12.5 Å². The van der Waals surface area contributed by atoms with Crippen LogP contribution >= 0.6 is 0 Å². The van der Waals surface area contributed by atoms with E-state index in [0.29, 0.717) is 13.2 Å². The van der Waals surface area contributed by atoms with Gasteiger partial charge in [-0.05, 0) is 19.1 Å². The Kier molecular flexibility index (Phi) is 6.40. The third-order valence-corrected chi connectivity index (χ3v) is 3.22. The molecular formula is C17H26N2O3. The number of ether oxygens (including phenoxy) is 1. The monoisotopic (exact) mass is 306 g/mol. The Balaban J connectivity index is 2.29. The van der Waals surface area contributed by atoms with Crippen LogP contribution in [0.25, 0.3) is 0 Å². The molecule has 122 valence electrons. The van der Waals surface area contributed by atoms with Crippen molar-refractivity contribution in [2.24, 2.45) is 5.41 Å². The summed E-state index contributed by atoms with van der Waals surface area (Å²) >= 11 is 0. The number of carbonyl (C=O) groups is 2. The molecule has 1 aromatic carbocycles. The van der Waals surface area contributed by atoms with Crippen molar-refractivity contribution in [2.75, 3.05) is 26.7 Å². The van der Waals surface area contributed by atoms with E-state index in [1.54, 1.807) is 11.9 Å². The molecule has 5 nitrogen and oxygen atoms in total. The molecule has 0 saturated heterocycles. The van der Waals surface area contributed by atoms with Crippen molar-refractivity contribution in [3.8, 4) is 5.75 Å². The number of rotatable bonds is 6. The molecule has 0 aromatic heterocycles. The van der Waals surface area contributed by atoms with Gasteiger partial charge in [-0.2, -0.15) is 0 Å². The number of likely N-dealkylation sites (N-methyl/N-ethyl adjacent to an activating group) is 1. The van der Waals surface area contributed by atoms with Crippen molar-refractivity contribution in [3.05, 3.63) is 29.8 Å². The molecule has 1 N–H and O–H groups in total. The molecule has 22 heavy (non-hydrogen) atoms. The Labute approximate surface area is 132 Å². The summed E-state index contributed by atoms with van der Waals surface area (Å²) in [5.74, 6) is 0.516. The maximum atomic E-state index is 11.9. The lowest BCUT2D eigenvalue weighted by Crippen LogP contribution is -2.43. The minimum Gasteiger partial charge on any atom is -0.492 e. The Morgan fingerprint density at radius 1 is 1.18 bits per heavy atom. The number of aryl methyl sites for hydroxylation is 1. The minimum atomic E-state index is -0.493. The Morgan fingerprint density at radius 2 is 1.77 bits per heavy atom. The normalized spacial score (nSPS) is 11.0. The molecule has 0 saturated carbocycles. The maximum Gasteiger partial charge on any atom is 0.241 e. The second kappa shape index (κ2) is 7.82. The summed E-state index contributed by atoms with van der Waals surface area (Å²) in [5, 5.41) is 2.65. The number of nitrogens with zero attached hydrogens (tertiary/aromatic N) is 1. The van der Waals surface area contributed by atoms with Crippen molar-refractivity contribution in [1.29, 1.82) is 0 Å². The number of hydrogen-bond donors (Lipinski definition) is 1. The zero-order valence-electron chi connectivity index (χ0n) is 14.1. The first-order chi connectivity index (χ1) is 10.2. The predicted molar refractivity (Wildman–Crippen MR) is 86.8 cm³/mol. The topological polar surface area (TPSA) is 58.6 Å². The molecule has 0 heterocycles. The smallest absolute Gasteiger partial charge is 0.241 e. The van der Waals surface area contributed by atoms with Gasteiger partial charge in [-0.15, -0.1) is 0 Å². The molecule has 0 aliphatic heterocycles. The van der Waals surface area contributed by atoms with Crippen LogP contribution in [0.1, 0.15) is 26.3 Å². The molecule has 2 amide bonds. The molecule has 0 bridgehead atoms. The van der Waals surface area contributed by atoms with Crippen molar-refractivity contribution in [2.45, 2.75) is 27.7 Å². The van der Waals surface area contributed by atoms with Crippen LogP contribution in [-0.2, 0) is 9.59 Å². The van der Waals surface area contributed by atoms with Gasteiger partial charge in [-0.25, -0.2) is 0 Å². The Bertz CT molecular complexity index is 504. The minimum absolute atomic E-state index is 0.0110. The van der Waals surface area contributed by atoms with Crippen LogP contribution < -0.4 is 10.1 Å². The van der Waals surface area contributed by atoms with Crippen LogP contribution in [0.4, 0.5) is 0 Å². The highest BCUT2D eigenvalue weighted by atomic mass is 16.5. The van der Waals surface area contributed by atoms with Gasteiger partial charge in [-0.3, -0.25) is 9.59 Å². The number of amides is 2. The number of hydrogen-bond acceptors (Lipinski definition) is 3. The van der Waals surface area contributed by atoms with Gasteiger partial charge >= 0.3 is 0 Å². The molecule has 0 aliphatic rings. The van der Waals surface area contributed by atoms with Crippen molar-refractivity contribution < 1.29 is 14.3 Å². The van der Waals surface area contributed by atoms with Crippen molar-refractivity contribution in [3.63, 3.8) is 0 Å². The number of benzene rings is 1. The lowest BCUT2D eigenvalue weighted by molar-refractivity contribution is -0.134. The van der Waals surface area contributed by atoms with Gasteiger partial charge < -0.3 is 15.0 Å². The number of nitrogens with one attached hydrogen (secondary N) is 1. The van der Waals surface area contributed by atoms with Gasteiger partial charge in [0.05, 0.1) is 13.1 Å². The molecule has 0 radical (unpaired) electrons. The molecule has 1 aromatic rings. The lowest BCUT2D eigenvalue weighted by Gasteiger charge is -2.20. The van der Waals surface area contributed by atoms with E-state index in [-0.39, 0.29) is 18.4 Å². The van der Waals surface area contributed by atoms with Crippen LogP contribution in [-0.4, -0.2) is 43.5 Å². The van der Waals surface area contributed by atoms with Gasteiger partial charge in [0.2, 0.25) is 11.8 Å². The first-order valence-electron chi connectivity index (χ1n) is 7.42. The maximum absolute atomic E-state index is 11.9. The zero-order valence-corrected chi connectivity index (χ0v) is 14.1. The van der Waals surface area contributed by atoms with E-state index in [4.69, 9.17) is 4.74 Å². The summed E-state index contributed by atoms with van der Waals surface area (Å²) in [5.41, 5.74) is 0.683. The molecule has 0 atom stereocenters. The van der Waals surface area contributed by atoms with Gasteiger partial charge in [-0.1, -0.05) is 38.5 Å². The highest BCUT2D eigenvalue weighted by Crippen LogP contribution is 2.12. The molecule has 0 aliphatic carbocycles. The second-order valence-electron chi connectivity index (χ2n) is 6.41. The predicted octanol–water partition coefficient (Wildman–Crippen LogP) is 1.99. The van der Waals surface area contributed by atoms with Gasteiger partial charge in [0.15, 0.2) is 0 Å². The summed E-state index contributed by atoms with van der Waals surface area (Å²) < 4.78 is 5.58. The van der Waals surface area contributed by atoms with Crippen LogP contribution in [0.5, 0.6) is 5.75 Å². The molecule has 1 rings (SSSR count). The zero-order chi connectivity index (χ0) is 16.8. The van der Waals surface area contributed by atoms with E-state index in [0.717, 1.165) is 5.75 Å². The van der Waals surface area contributed by atoms with E-state index in [1.807, 2.05) is 52.0 Å². The molecule has 0 unspecified atom stereocenters. The lowest BCUT2D eigenvalue weighted by atomic mass is 9.96. The van der Waals surface area contributed by atoms with Crippen LogP contribution in [0, 0.1) is 12.3 Å². The molecule has 0 fully saturated rings. The van der Waals surface area contributed by atoms with E-state index in [9.17, 15) is 9.59 Å². The van der Waals surface area contributed by atoms with Gasteiger partial charge in [0.1, 0.15) is 12.4 Å². The Morgan fingerprint density at radius 3 is 2.32 bits per heavy atom. The summed E-state index contributed by atoms with van der Waals surface area (Å²) in [6.07, 6.45) is 0. The standard InChI is InChI=1S/C17H26N2O3/c1-13-6-8-14(9-7-13)22-11-10-19(5)15(20)12-18-16(21)17(2,3)4/h6-9H,10-12H2,1-5H3,(H,18,21). The average molecular weight is 306 g/mol. The largest absolute Gasteiger partial charge is 0.492 e. The second-order valence-corrected chi connectivity index (χ2v) is 6.41. The highest BCUT2D eigenvalue weighted by Gasteiger charge is 2.21. The SMILES string of the molecule is Cc1ccc(OCCN(C)C(=O)CNC(=O)C(C)(C)C)cc1. The highest BCUT2D eigenvalue weighted by molar-refractivity contribution is 5.87. The summed E-state index contributed by atoms with van der Waals surface area (Å²) in [7, 11) is 1.70. The number of carbonyl (C=O) groups excluding carboxylic acids is 2. The van der Waals surface area contributed by atoms with Crippen LogP contribution in [0.15, 0.2) is 24.3 Å². The van der Waals surface area contributed by atoms with E-state index in [2.05, 4.69) is 5.32 Å². The fraction of sp³-hybridized carbons (Fsp3) is 0.529. The third-order valence-electron chi connectivity index (χ3n) is 3.22. The molecule has 5 heteroatoms. The average Bonchev–Trinajstić information content (AvgIpc) is 2.45. The Hall–Kier alpha value is -2.04.